The van der Waals surface area contributed by atoms with E-state index in [1.807, 2.05) is 0 Å². The van der Waals surface area contributed by atoms with Gasteiger partial charge in [0.1, 0.15) is 0 Å². The Morgan fingerprint density at radius 3 is 1.62 bits per heavy atom. The second-order valence-corrected chi connectivity index (χ2v) is 14.7. The fraction of sp³-hybridized carbons (Fsp3) is 0.400. The minimum absolute atomic E-state index is 1.34. The summed E-state index contributed by atoms with van der Waals surface area (Å²) in [4.78, 5) is 0. The molecular formula is C20H27Bi. The molecule has 2 aromatic rings. The van der Waals surface area contributed by atoms with Gasteiger partial charge in [-0.3, -0.25) is 0 Å². The van der Waals surface area contributed by atoms with Gasteiger partial charge in [0.05, 0.1) is 0 Å². The van der Waals surface area contributed by atoms with Gasteiger partial charge in [0.2, 0.25) is 0 Å². The van der Waals surface area contributed by atoms with Crippen molar-refractivity contribution < 1.29 is 0 Å². The zero-order valence-electron chi connectivity index (χ0n) is 13.2. The SMILES string of the molecule is CCCCCCC[CH2][Bi]([c]1ccccc1)[c]1ccccc1. The maximum atomic E-state index is 2.36. The first-order chi connectivity index (χ1) is 10.4. The molecule has 0 atom stereocenters. The Kier molecular flexibility index (Phi) is 8.04. The fourth-order valence-electron chi connectivity index (χ4n) is 2.67. The molecule has 1 heteroatoms. The molecular weight excluding hydrogens is 449 g/mol. The van der Waals surface area contributed by atoms with Crippen molar-refractivity contribution in [1.82, 2.24) is 0 Å². The molecule has 0 aromatic heterocycles. The summed E-state index contributed by atoms with van der Waals surface area (Å²) < 4.78 is 4.79. The molecule has 2 rings (SSSR count). The van der Waals surface area contributed by atoms with Crippen LogP contribution in [-0.2, 0) is 0 Å². The average molecular weight is 476 g/mol. The van der Waals surface area contributed by atoms with E-state index in [9.17, 15) is 0 Å². The van der Waals surface area contributed by atoms with E-state index in [0.29, 0.717) is 0 Å². The molecule has 112 valence electrons. The molecule has 0 unspecified atom stereocenters. The molecule has 2 aromatic carbocycles. The first-order valence-electron chi connectivity index (χ1n) is 8.29. The Bertz CT molecular complexity index is 438. The van der Waals surface area contributed by atoms with Gasteiger partial charge < -0.3 is 0 Å². The number of hydrogen-bond donors (Lipinski definition) is 0. The predicted octanol–water partition coefficient (Wildman–Crippen LogP) is 4.66. The van der Waals surface area contributed by atoms with Crippen molar-refractivity contribution in [2.75, 3.05) is 0 Å². The van der Waals surface area contributed by atoms with E-state index in [2.05, 4.69) is 67.6 Å². The van der Waals surface area contributed by atoms with Gasteiger partial charge in [-0.1, -0.05) is 0 Å². The van der Waals surface area contributed by atoms with Crippen molar-refractivity contribution in [2.45, 2.75) is 49.6 Å². The summed E-state index contributed by atoms with van der Waals surface area (Å²) in [6.45, 7) is 2.29. The Morgan fingerprint density at radius 2 is 1.10 bits per heavy atom. The van der Waals surface area contributed by atoms with E-state index in [-0.39, 0.29) is 0 Å². The van der Waals surface area contributed by atoms with E-state index in [1.54, 1.807) is 6.54 Å². The molecule has 0 nitrogen and oxygen atoms in total. The third-order valence-electron chi connectivity index (χ3n) is 3.87. The van der Waals surface area contributed by atoms with Crippen LogP contribution in [-0.4, -0.2) is 21.8 Å². The van der Waals surface area contributed by atoms with Crippen LogP contribution in [0.4, 0.5) is 0 Å². The van der Waals surface area contributed by atoms with Crippen LogP contribution in [0, 0.1) is 0 Å². The molecule has 0 heterocycles. The standard InChI is InChI=1S/C8H17.2C6H5.Bi/c1-3-5-7-8-6-4-2;2*1-2-4-6-5-3-1;/h1,3-8H2,2H3;2*1-5H;. The third-order valence-corrected chi connectivity index (χ3v) is 14.0. The van der Waals surface area contributed by atoms with Gasteiger partial charge in [-0.15, -0.1) is 0 Å². The summed E-state index contributed by atoms with van der Waals surface area (Å²) in [6.07, 6.45) is 8.44. The van der Waals surface area contributed by atoms with Crippen LogP contribution in [0.3, 0.4) is 0 Å². The summed E-state index contributed by atoms with van der Waals surface area (Å²) in [5.74, 6) is 0. The molecule has 0 radical (unpaired) electrons. The maximum absolute atomic E-state index is 2.36. The number of benzene rings is 2. The van der Waals surface area contributed by atoms with Gasteiger partial charge in [-0.2, -0.15) is 0 Å². The summed E-state index contributed by atoms with van der Waals surface area (Å²) in [6, 6.07) is 22.6. The van der Waals surface area contributed by atoms with Crippen LogP contribution in [0.15, 0.2) is 60.7 Å². The van der Waals surface area contributed by atoms with Gasteiger partial charge >= 0.3 is 139 Å². The van der Waals surface area contributed by atoms with Crippen LogP contribution in [0.5, 0.6) is 0 Å². The van der Waals surface area contributed by atoms with Crippen LogP contribution in [0.2, 0.25) is 4.13 Å². The summed E-state index contributed by atoms with van der Waals surface area (Å²) in [5, 5.41) is 0. The summed E-state index contributed by atoms with van der Waals surface area (Å²) >= 11 is -1.74. The van der Waals surface area contributed by atoms with Gasteiger partial charge in [-0.05, 0) is 0 Å². The van der Waals surface area contributed by atoms with Crippen molar-refractivity contribution in [2.24, 2.45) is 0 Å². The number of hydrogen-bond acceptors (Lipinski definition) is 0. The van der Waals surface area contributed by atoms with Crippen molar-refractivity contribution >= 4 is 28.3 Å². The quantitative estimate of drug-likeness (QED) is 0.365. The van der Waals surface area contributed by atoms with E-state index in [4.69, 9.17) is 0 Å². The summed E-state index contributed by atoms with van der Waals surface area (Å²) in [5.41, 5.74) is 0. The first-order valence-corrected chi connectivity index (χ1v) is 14.2. The van der Waals surface area contributed by atoms with Gasteiger partial charge in [0, 0.05) is 0 Å². The molecule has 0 saturated heterocycles. The normalized spacial score (nSPS) is 11.0. The molecule has 0 N–H and O–H groups in total. The van der Waals surface area contributed by atoms with Crippen LogP contribution in [0.25, 0.3) is 0 Å². The van der Waals surface area contributed by atoms with Crippen molar-refractivity contribution in [3.63, 3.8) is 0 Å². The number of rotatable bonds is 9. The van der Waals surface area contributed by atoms with E-state index in [0.717, 1.165) is 0 Å². The van der Waals surface area contributed by atoms with Crippen molar-refractivity contribution in [1.29, 1.82) is 0 Å². The Hall–Kier alpha value is -0.677. The van der Waals surface area contributed by atoms with Gasteiger partial charge in [0.15, 0.2) is 0 Å². The summed E-state index contributed by atoms with van der Waals surface area (Å²) in [7, 11) is 0. The predicted molar refractivity (Wildman–Crippen MR) is 96.1 cm³/mol. The average Bonchev–Trinajstić information content (AvgIpc) is 2.56. The molecule has 21 heavy (non-hydrogen) atoms. The van der Waals surface area contributed by atoms with Gasteiger partial charge in [-0.25, -0.2) is 0 Å². The molecule has 0 fully saturated rings. The number of unbranched alkanes of at least 4 members (excludes halogenated alkanes) is 5. The van der Waals surface area contributed by atoms with Crippen molar-refractivity contribution in [3.8, 4) is 0 Å². The van der Waals surface area contributed by atoms with Gasteiger partial charge in [0.25, 0.3) is 0 Å². The first kappa shape index (κ1) is 16.7. The van der Waals surface area contributed by atoms with E-state index in [1.165, 1.54) is 42.7 Å². The molecule has 0 amide bonds. The van der Waals surface area contributed by atoms with Crippen LogP contribution in [0.1, 0.15) is 45.4 Å². The minimum atomic E-state index is -1.74. The van der Waals surface area contributed by atoms with Crippen molar-refractivity contribution in [3.05, 3.63) is 60.7 Å². The second kappa shape index (κ2) is 10.1. The fourth-order valence-corrected chi connectivity index (χ4v) is 12.1. The Morgan fingerprint density at radius 1 is 0.619 bits per heavy atom. The van der Waals surface area contributed by atoms with E-state index >= 15 is 0 Å². The molecule has 0 spiro atoms. The molecule has 0 aliphatic rings. The van der Waals surface area contributed by atoms with Crippen LogP contribution >= 0.6 is 0 Å². The molecule has 0 saturated carbocycles. The molecule has 0 bridgehead atoms. The second-order valence-electron chi connectivity index (χ2n) is 5.59. The zero-order valence-corrected chi connectivity index (χ0v) is 16.6. The van der Waals surface area contributed by atoms with E-state index < -0.39 is 21.8 Å². The Balaban J connectivity index is 1.94. The Labute approximate surface area is 138 Å². The molecule has 0 aliphatic heterocycles. The van der Waals surface area contributed by atoms with Crippen LogP contribution < -0.4 is 6.54 Å². The topological polar surface area (TPSA) is 0 Å². The zero-order chi connectivity index (χ0) is 14.8. The third kappa shape index (κ3) is 5.91. The monoisotopic (exact) mass is 476 g/mol. The molecule has 0 aliphatic carbocycles.